The van der Waals surface area contributed by atoms with Gasteiger partial charge in [0.15, 0.2) is 5.69 Å². The van der Waals surface area contributed by atoms with Gasteiger partial charge >= 0.3 is 12.2 Å². The molecule has 3 amide bonds. The number of aromatic nitrogens is 2. The molecule has 1 fully saturated rings. The summed E-state index contributed by atoms with van der Waals surface area (Å²) in [5, 5.41) is 27.8. The van der Waals surface area contributed by atoms with Crippen LogP contribution in [0.5, 0.6) is 0 Å². The standard InChI is InChI=1S/C30H34F2N6O6S/c1-29(2,3)44-28(42)37-26-21(36-25(45-26)20-17(31)8-5-9-18(20)32)24(39)35-19-13-33-23-16(10-11-30(23,4)43)22(19)38-12-6-7-15(14-38)34-27(40)41/h5,8-9,13,15,34,43H,6-7,10-12,14H2,1-4H3,(H,35,39)(H,37,42)(H,40,41)/t15-,30?/m0/s1. The summed E-state index contributed by atoms with van der Waals surface area (Å²) in [7, 11) is 0. The first-order valence-electron chi connectivity index (χ1n) is 14.4. The number of pyridine rings is 1. The van der Waals surface area contributed by atoms with Crippen LogP contribution < -0.4 is 20.9 Å². The van der Waals surface area contributed by atoms with E-state index in [1.807, 2.05) is 4.90 Å². The summed E-state index contributed by atoms with van der Waals surface area (Å²) in [6.45, 7) is 7.49. The fourth-order valence-corrected chi connectivity index (χ4v) is 6.60. The number of aliphatic hydroxyl groups is 1. The van der Waals surface area contributed by atoms with Crippen molar-refractivity contribution in [2.75, 3.05) is 28.6 Å². The van der Waals surface area contributed by atoms with Crippen molar-refractivity contribution in [3.8, 4) is 10.6 Å². The third-order valence-electron chi connectivity index (χ3n) is 7.47. The molecular weight excluding hydrogens is 610 g/mol. The van der Waals surface area contributed by atoms with Crippen LogP contribution in [0.1, 0.15) is 68.7 Å². The zero-order valence-electron chi connectivity index (χ0n) is 25.2. The number of carbonyl (C=O) groups excluding carboxylic acids is 2. The summed E-state index contributed by atoms with van der Waals surface area (Å²) in [4.78, 5) is 48.5. The fraction of sp³-hybridized carbons (Fsp3) is 0.433. The molecule has 1 aliphatic carbocycles. The van der Waals surface area contributed by atoms with Gasteiger partial charge in [-0.25, -0.2) is 23.4 Å². The van der Waals surface area contributed by atoms with Crippen molar-refractivity contribution in [3.63, 3.8) is 0 Å². The van der Waals surface area contributed by atoms with E-state index in [0.717, 1.165) is 12.1 Å². The number of amides is 3. The molecule has 0 bridgehead atoms. The predicted molar refractivity (Wildman–Crippen MR) is 164 cm³/mol. The Morgan fingerprint density at radius 3 is 2.56 bits per heavy atom. The van der Waals surface area contributed by atoms with E-state index in [4.69, 9.17) is 4.74 Å². The number of nitrogens with zero attached hydrogens (tertiary/aromatic N) is 3. The largest absolute Gasteiger partial charge is 0.465 e. The van der Waals surface area contributed by atoms with E-state index in [9.17, 15) is 33.4 Å². The highest BCUT2D eigenvalue weighted by Crippen LogP contribution is 2.44. The van der Waals surface area contributed by atoms with E-state index < -0.39 is 46.5 Å². The van der Waals surface area contributed by atoms with Gasteiger partial charge in [0, 0.05) is 24.7 Å². The quantitative estimate of drug-likeness (QED) is 0.234. The van der Waals surface area contributed by atoms with Gasteiger partial charge in [0.05, 0.1) is 28.8 Å². The number of halogens is 2. The minimum atomic E-state index is -1.20. The van der Waals surface area contributed by atoms with E-state index in [0.29, 0.717) is 67.1 Å². The second-order valence-corrected chi connectivity index (χ2v) is 13.2. The number of piperidine rings is 1. The number of rotatable bonds is 6. The maximum Gasteiger partial charge on any atom is 0.412 e. The Labute approximate surface area is 261 Å². The Hall–Kier alpha value is -4.37. The van der Waals surface area contributed by atoms with Gasteiger partial charge < -0.3 is 30.5 Å². The van der Waals surface area contributed by atoms with Crippen LogP contribution in [0.25, 0.3) is 10.6 Å². The van der Waals surface area contributed by atoms with Crippen molar-refractivity contribution in [2.45, 2.75) is 70.6 Å². The van der Waals surface area contributed by atoms with Crippen molar-refractivity contribution in [2.24, 2.45) is 0 Å². The highest BCUT2D eigenvalue weighted by molar-refractivity contribution is 7.19. The molecule has 5 rings (SSSR count). The molecule has 240 valence electrons. The number of nitrogens with one attached hydrogen (secondary N) is 3. The van der Waals surface area contributed by atoms with Crippen molar-refractivity contribution < 1.29 is 38.1 Å². The molecule has 15 heteroatoms. The normalized spacial score (nSPS) is 19.5. The molecule has 1 aliphatic heterocycles. The number of carboxylic acid groups (broad SMARTS) is 1. The van der Waals surface area contributed by atoms with Crippen LogP contribution in [0.15, 0.2) is 24.4 Å². The third kappa shape index (κ3) is 6.99. The zero-order valence-corrected chi connectivity index (χ0v) is 26.0. The summed E-state index contributed by atoms with van der Waals surface area (Å²) in [6.07, 6.45) is 1.52. The Kier molecular flexibility index (Phi) is 8.68. The number of fused-ring (bicyclic) bond motifs is 1. The lowest BCUT2D eigenvalue weighted by atomic mass is 10.0. The molecule has 3 aromatic rings. The van der Waals surface area contributed by atoms with Gasteiger partial charge in [0.2, 0.25) is 0 Å². The Morgan fingerprint density at radius 2 is 1.89 bits per heavy atom. The van der Waals surface area contributed by atoms with Crippen molar-refractivity contribution in [1.29, 1.82) is 0 Å². The van der Waals surface area contributed by atoms with Gasteiger partial charge in [-0.15, -0.1) is 0 Å². The van der Waals surface area contributed by atoms with E-state index in [1.165, 1.54) is 12.3 Å². The number of hydrogen-bond donors (Lipinski definition) is 5. The van der Waals surface area contributed by atoms with Crippen LogP contribution in [0.4, 0.5) is 34.7 Å². The van der Waals surface area contributed by atoms with Gasteiger partial charge in [-0.2, -0.15) is 0 Å². The van der Waals surface area contributed by atoms with Crippen LogP contribution >= 0.6 is 11.3 Å². The molecule has 2 aromatic heterocycles. The number of anilines is 3. The molecule has 1 unspecified atom stereocenters. The minimum absolute atomic E-state index is 0.0956. The molecule has 45 heavy (non-hydrogen) atoms. The Morgan fingerprint density at radius 1 is 1.18 bits per heavy atom. The van der Waals surface area contributed by atoms with E-state index in [2.05, 4.69) is 25.9 Å². The first-order valence-corrected chi connectivity index (χ1v) is 15.2. The lowest BCUT2D eigenvalue weighted by Crippen LogP contribution is -2.48. The van der Waals surface area contributed by atoms with Crippen molar-refractivity contribution in [1.82, 2.24) is 15.3 Å². The summed E-state index contributed by atoms with van der Waals surface area (Å²) in [6, 6.07) is 2.95. The molecule has 12 nitrogen and oxygen atoms in total. The molecule has 2 aliphatic rings. The summed E-state index contributed by atoms with van der Waals surface area (Å²) >= 11 is 0.705. The first-order chi connectivity index (χ1) is 21.1. The maximum absolute atomic E-state index is 14.7. The third-order valence-corrected chi connectivity index (χ3v) is 8.46. The van der Waals surface area contributed by atoms with Crippen molar-refractivity contribution in [3.05, 3.63) is 53.0 Å². The predicted octanol–water partition coefficient (Wildman–Crippen LogP) is 5.47. The van der Waals surface area contributed by atoms with Gasteiger partial charge in [-0.05, 0) is 65.5 Å². The molecule has 0 spiro atoms. The average molecular weight is 645 g/mol. The van der Waals surface area contributed by atoms with Crippen LogP contribution in [0, 0.1) is 11.6 Å². The molecule has 0 radical (unpaired) electrons. The SMILES string of the molecule is CC(C)(C)OC(=O)Nc1sc(-c2c(F)cccc2F)nc1C(=O)Nc1cnc2c(c1N1CCC[C@H](NC(=O)O)C1)CCC2(C)O. The second kappa shape index (κ2) is 12.2. The summed E-state index contributed by atoms with van der Waals surface area (Å²) in [5.41, 5.74) is -0.810. The van der Waals surface area contributed by atoms with E-state index >= 15 is 0 Å². The van der Waals surface area contributed by atoms with Crippen LogP contribution in [0.2, 0.25) is 0 Å². The molecular formula is C30H34F2N6O6S. The second-order valence-electron chi connectivity index (χ2n) is 12.2. The van der Waals surface area contributed by atoms with Gasteiger partial charge in [0.25, 0.3) is 5.91 Å². The number of ether oxygens (including phenoxy) is 1. The minimum Gasteiger partial charge on any atom is -0.465 e. The number of benzene rings is 1. The van der Waals surface area contributed by atoms with Gasteiger partial charge in [-0.3, -0.25) is 15.1 Å². The van der Waals surface area contributed by atoms with E-state index in [1.54, 1.807) is 27.7 Å². The Balaban J connectivity index is 1.54. The van der Waals surface area contributed by atoms with Crippen molar-refractivity contribution >= 4 is 45.8 Å². The van der Waals surface area contributed by atoms with E-state index in [-0.39, 0.29) is 27.4 Å². The first kappa shape index (κ1) is 32.0. The Bertz CT molecular complexity index is 1640. The lowest BCUT2D eigenvalue weighted by Gasteiger charge is -2.36. The van der Waals surface area contributed by atoms with Crippen LogP contribution in [-0.2, 0) is 16.8 Å². The molecule has 1 saturated heterocycles. The number of thiazole rings is 1. The van der Waals surface area contributed by atoms with Crippen LogP contribution in [-0.4, -0.2) is 63.0 Å². The highest BCUT2D eigenvalue weighted by Gasteiger charge is 2.38. The molecule has 3 heterocycles. The van der Waals surface area contributed by atoms with Gasteiger partial charge in [-0.1, -0.05) is 17.4 Å². The number of carbonyl (C=O) groups is 3. The van der Waals surface area contributed by atoms with Gasteiger partial charge in [0.1, 0.15) is 32.8 Å². The average Bonchev–Trinajstić information content (AvgIpc) is 3.47. The fourth-order valence-electron chi connectivity index (χ4n) is 5.60. The summed E-state index contributed by atoms with van der Waals surface area (Å²) in [5.74, 6) is -2.59. The molecule has 5 N–H and O–H groups in total. The molecule has 2 atom stereocenters. The topological polar surface area (TPSA) is 166 Å². The monoisotopic (exact) mass is 644 g/mol. The summed E-state index contributed by atoms with van der Waals surface area (Å²) < 4.78 is 34.7. The van der Waals surface area contributed by atoms with Crippen LogP contribution in [0.3, 0.4) is 0 Å². The zero-order chi connectivity index (χ0) is 32.7. The molecule has 0 saturated carbocycles. The molecule has 1 aromatic carbocycles. The highest BCUT2D eigenvalue weighted by atomic mass is 32.1. The lowest BCUT2D eigenvalue weighted by molar-refractivity contribution is 0.0553. The maximum atomic E-state index is 14.7. The smallest absolute Gasteiger partial charge is 0.412 e. The number of hydrogen-bond acceptors (Lipinski definition) is 9.